The van der Waals surface area contributed by atoms with E-state index in [0.29, 0.717) is 25.8 Å². The summed E-state index contributed by atoms with van der Waals surface area (Å²) in [5.74, 6) is -0.0298. The van der Waals surface area contributed by atoms with E-state index < -0.39 is 37.3 Å². The van der Waals surface area contributed by atoms with Gasteiger partial charge >= 0.3 is 0 Å². The normalized spacial score (nSPS) is 34.0. The van der Waals surface area contributed by atoms with Gasteiger partial charge in [0.1, 0.15) is 30.6 Å². The van der Waals surface area contributed by atoms with Crippen LogP contribution in [0.2, 0.25) is 0 Å². The van der Waals surface area contributed by atoms with Gasteiger partial charge in [-0.05, 0) is 19.4 Å². The monoisotopic (exact) mass is 292 g/mol. The van der Waals surface area contributed by atoms with Gasteiger partial charge < -0.3 is 30.5 Å². The van der Waals surface area contributed by atoms with Crippen LogP contribution in [-0.4, -0.2) is 77.2 Å². The molecule has 1 rings (SSSR count). The molecule has 0 saturated carbocycles. The van der Waals surface area contributed by atoms with Crippen LogP contribution < -0.4 is 10.6 Å². The number of aliphatic hydroxyl groups is 4. The Hall–Kier alpha value is -0.770. The van der Waals surface area contributed by atoms with Crippen LogP contribution in [0.25, 0.3) is 0 Å². The minimum Gasteiger partial charge on any atom is -0.394 e. The summed E-state index contributed by atoms with van der Waals surface area (Å²) in [6.07, 6.45) is -3.95. The van der Waals surface area contributed by atoms with Gasteiger partial charge in [0, 0.05) is 13.5 Å². The highest BCUT2D eigenvalue weighted by molar-refractivity contribution is 5.75. The number of amides is 1. The molecule has 6 N–H and O–H groups in total. The predicted octanol–water partition coefficient (Wildman–Crippen LogP) is -2.71. The fraction of sp³-hybridized carbons (Fsp3) is 0.917. The molecule has 0 aliphatic carbocycles. The Kier molecular flexibility index (Phi) is 7.35. The van der Waals surface area contributed by atoms with Crippen molar-refractivity contribution < 1.29 is 30.0 Å². The van der Waals surface area contributed by atoms with Crippen LogP contribution in [0.15, 0.2) is 0 Å². The lowest BCUT2D eigenvalue weighted by Gasteiger charge is -2.40. The zero-order valence-corrected chi connectivity index (χ0v) is 11.5. The maximum absolute atomic E-state index is 11.0. The topological polar surface area (TPSA) is 131 Å². The summed E-state index contributed by atoms with van der Waals surface area (Å²) in [5, 5.41) is 43.4. The van der Waals surface area contributed by atoms with Crippen molar-refractivity contribution >= 4 is 5.91 Å². The van der Waals surface area contributed by atoms with Crippen LogP contribution in [0.4, 0.5) is 0 Å². The number of hydrogen-bond donors (Lipinski definition) is 6. The first-order valence-electron chi connectivity index (χ1n) is 6.75. The van der Waals surface area contributed by atoms with Crippen LogP contribution in [0.1, 0.15) is 19.3 Å². The number of ether oxygens (including phenoxy) is 1. The van der Waals surface area contributed by atoms with Crippen molar-refractivity contribution in [1.29, 1.82) is 0 Å². The lowest BCUT2D eigenvalue weighted by Crippen LogP contribution is -2.62. The smallest absolute Gasteiger partial charge is 0.219 e. The molecule has 1 fully saturated rings. The van der Waals surface area contributed by atoms with Crippen LogP contribution in [0.3, 0.4) is 0 Å². The fourth-order valence-electron chi connectivity index (χ4n) is 2.05. The molecular weight excluding hydrogens is 268 g/mol. The fourth-order valence-corrected chi connectivity index (χ4v) is 2.05. The van der Waals surface area contributed by atoms with E-state index in [4.69, 9.17) is 9.84 Å². The van der Waals surface area contributed by atoms with Gasteiger partial charge in [0.05, 0.1) is 6.61 Å². The third kappa shape index (κ3) is 4.65. The predicted molar refractivity (Wildman–Crippen MR) is 69.7 cm³/mol. The molecule has 5 atom stereocenters. The third-order valence-corrected chi connectivity index (χ3v) is 3.35. The lowest BCUT2D eigenvalue weighted by atomic mass is 9.98. The highest BCUT2D eigenvalue weighted by atomic mass is 16.6. The van der Waals surface area contributed by atoms with Gasteiger partial charge in [-0.25, -0.2) is 0 Å². The zero-order valence-electron chi connectivity index (χ0n) is 11.5. The van der Waals surface area contributed by atoms with E-state index in [2.05, 4.69) is 10.6 Å². The SMILES string of the molecule is CNC(=O)CCCCNC1OC(CO)C(O)C(O)C1O. The summed E-state index contributed by atoms with van der Waals surface area (Å²) in [6, 6.07) is 0. The maximum atomic E-state index is 11.0. The molecule has 0 aromatic rings. The zero-order chi connectivity index (χ0) is 15.1. The lowest BCUT2D eigenvalue weighted by molar-refractivity contribution is -0.236. The number of nitrogens with one attached hydrogen (secondary N) is 2. The molecule has 0 radical (unpaired) electrons. The summed E-state index contributed by atoms with van der Waals surface area (Å²) < 4.78 is 5.28. The van der Waals surface area contributed by atoms with E-state index in [1.165, 1.54) is 0 Å². The van der Waals surface area contributed by atoms with Crippen molar-refractivity contribution in [2.75, 3.05) is 20.2 Å². The second kappa shape index (κ2) is 8.50. The average molecular weight is 292 g/mol. The van der Waals surface area contributed by atoms with Crippen LogP contribution in [-0.2, 0) is 9.53 Å². The van der Waals surface area contributed by atoms with Gasteiger partial charge in [-0.2, -0.15) is 0 Å². The molecule has 1 aliphatic rings. The number of hydrogen-bond acceptors (Lipinski definition) is 7. The second-order valence-electron chi connectivity index (χ2n) is 4.83. The highest BCUT2D eigenvalue weighted by Gasteiger charge is 2.42. The average Bonchev–Trinajstić information content (AvgIpc) is 2.46. The molecule has 5 unspecified atom stereocenters. The number of rotatable bonds is 7. The van der Waals surface area contributed by atoms with Crippen molar-refractivity contribution in [3.63, 3.8) is 0 Å². The quantitative estimate of drug-likeness (QED) is 0.281. The summed E-state index contributed by atoms with van der Waals surface area (Å²) >= 11 is 0. The first kappa shape index (κ1) is 17.3. The highest BCUT2D eigenvalue weighted by Crippen LogP contribution is 2.19. The van der Waals surface area contributed by atoms with Gasteiger partial charge in [-0.15, -0.1) is 0 Å². The van der Waals surface area contributed by atoms with Crippen LogP contribution in [0.5, 0.6) is 0 Å². The number of unbranched alkanes of at least 4 members (excludes halogenated alkanes) is 1. The molecule has 118 valence electrons. The Morgan fingerprint density at radius 2 is 1.85 bits per heavy atom. The molecular formula is C12H24N2O6. The Balaban J connectivity index is 2.30. The minimum absolute atomic E-state index is 0.0298. The second-order valence-corrected chi connectivity index (χ2v) is 4.83. The Bertz CT molecular complexity index is 302. The summed E-state index contributed by atoms with van der Waals surface area (Å²) in [7, 11) is 1.58. The largest absolute Gasteiger partial charge is 0.394 e. The van der Waals surface area contributed by atoms with E-state index in [1.807, 2.05) is 0 Å². The Labute approximate surface area is 117 Å². The van der Waals surface area contributed by atoms with Crippen molar-refractivity contribution in [3.8, 4) is 0 Å². The molecule has 0 aromatic heterocycles. The molecule has 1 amide bonds. The van der Waals surface area contributed by atoms with Crippen molar-refractivity contribution in [2.45, 2.75) is 49.9 Å². The minimum atomic E-state index is -1.37. The van der Waals surface area contributed by atoms with Gasteiger partial charge in [0.15, 0.2) is 0 Å². The molecule has 20 heavy (non-hydrogen) atoms. The molecule has 0 aromatic carbocycles. The number of carbonyl (C=O) groups excluding carboxylic acids is 1. The van der Waals surface area contributed by atoms with Gasteiger partial charge in [0.25, 0.3) is 0 Å². The maximum Gasteiger partial charge on any atom is 0.219 e. The van der Waals surface area contributed by atoms with Crippen molar-refractivity contribution in [3.05, 3.63) is 0 Å². The molecule has 0 spiro atoms. The van der Waals surface area contributed by atoms with E-state index in [1.54, 1.807) is 7.05 Å². The van der Waals surface area contributed by atoms with Crippen molar-refractivity contribution in [1.82, 2.24) is 10.6 Å². The molecule has 1 heterocycles. The van der Waals surface area contributed by atoms with Crippen molar-refractivity contribution in [2.24, 2.45) is 0 Å². The van der Waals surface area contributed by atoms with E-state index >= 15 is 0 Å². The summed E-state index contributed by atoms with van der Waals surface area (Å²) in [6.45, 7) is 0.0412. The van der Waals surface area contributed by atoms with Gasteiger partial charge in [-0.3, -0.25) is 10.1 Å². The van der Waals surface area contributed by atoms with Gasteiger partial charge in [0.2, 0.25) is 5.91 Å². The van der Waals surface area contributed by atoms with E-state index in [0.717, 1.165) is 0 Å². The van der Waals surface area contributed by atoms with E-state index in [9.17, 15) is 20.1 Å². The molecule has 0 bridgehead atoms. The Morgan fingerprint density at radius 3 is 2.45 bits per heavy atom. The van der Waals surface area contributed by atoms with Gasteiger partial charge in [-0.1, -0.05) is 0 Å². The third-order valence-electron chi connectivity index (χ3n) is 3.35. The first-order valence-corrected chi connectivity index (χ1v) is 6.75. The molecule has 1 aliphatic heterocycles. The Morgan fingerprint density at radius 1 is 1.15 bits per heavy atom. The van der Waals surface area contributed by atoms with Crippen LogP contribution >= 0.6 is 0 Å². The molecule has 8 nitrogen and oxygen atoms in total. The summed E-state index contributed by atoms with van der Waals surface area (Å²) in [5.41, 5.74) is 0. The molecule has 8 heteroatoms. The standard InChI is InChI=1S/C12H24N2O6/c1-13-8(16)4-2-3-5-14-12-11(19)10(18)9(17)7(6-15)20-12/h7,9-12,14-15,17-19H,2-6H2,1H3,(H,13,16). The van der Waals surface area contributed by atoms with Crippen LogP contribution in [0, 0.1) is 0 Å². The molecule has 1 saturated heterocycles. The van der Waals surface area contributed by atoms with E-state index in [-0.39, 0.29) is 5.91 Å². The first-order chi connectivity index (χ1) is 9.51. The number of aliphatic hydroxyl groups excluding tert-OH is 4. The summed E-state index contributed by atoms with van der Waals surface area (Å²) in [4.78, 5) is 11.0. The number of carbonyl (C=O) groups is 1.